The molecule has 0 aliphatic rings. The zero-order valence-electron chi connectivity index (χ0n) is 12.3. The van der Waals surface area contributed by atoms with Crippen LogP contribution >= 0.6 is 0 Å². The molecule has 0 aliphatic heterocycles. The van der Waals surface area contributed by atoms with Gasteiger partial charge in [0, 0.05) is 25.3 Å². The third-order valence-corrected chi connectivity index (χ3v) is 2.89. The Labute approximate surface area is 124 Å². The Balaban J connectivity index is 2.40. The summed E-state index contributed by atoms with van der Waals surface area (Å²) in [5, 5.41) is 12.3. The Morgan fingerprint density at radius 1 is 1.29 bits per heavy atom. The monoisotopic (exact) mass is 282 g/mol. The van der Waals surface area contributed by atoms with E-state index in [9.17, 15) is 0 Å². The average Bonchev–Trinajstić information content (AvgIpc) is 2.53. The highest BCUT2D eigenvalue weighted by Gasteiger charge is 2.07. The molecular formula is C16H18N4O. The van der Waals surface area contributed by atoms with E-state index in [1.807, 2.05) is 24.3 Å². The zero-order chi connectivity index (χ0) is 15.1. The van der Waals surface area contributed by atoms with E-state index in [2.05, 4.69) is 28.3 Å². The minimum absolute atomic E-state index is 0.354. The molecule has 1 heterocycles. The van der Waals surface area contributed by atoms with Gasteiger partial charge in [-0.05, 0) is 18.6 Å². The molecule has 1 N–H and O–H groups in total. The molecule has 2 rings (SSSR count). The van der Waals surface area contributed by atoms with Crippen LogP contribution in [0.15, 0.2) is 30.3 Å². The summed E-state index contributed by atoms with van der Waals surface area (Å²) >= 11 is 0. The Bertz CT molecular complexity index is 649. The first-order valence-corrected chi connectivity index (χ1v) is 6.88. The lowest BCUT2D eigenvalue weighted by Crippen LogP contribution is -2.06. The van der Waals surface area contributed by atoms with Crippen LogP contribution in [0.4, 0.5) is 5.82 Å². The second kappa shape index (κ2) is 7.36. The number of aromatic nitrogens is 2. The summed E-state index contributed by atoms with van der Waals surface area (Å²) in [5.41, 5.74) is 2.29. The van der Waals surface area contributed by atoms with Gasteiger partial charge in [-0.25, -0.2) is 9.97 Å². The fourth-order valence-corrected chi connectivity index (χ4v) is 1.93. The van der Waals surface area contributed by atoms with E-state index >= 15 is 0 Å². The first-order valence-electron chi connectivity index (χ1n) is 6.88. The van der Waals surface area contributed by atoms with Crippen molar-refractivity contribution in [3.8, 4) is 17.3 Å². The summed E-state index contributed by atoms with van der Waals surface area (Å²) in [6.07, 6.45) is 1.02. The second-order valence-corrected chi connectivity index (χ2v) is 4.61. The van der Waals surface area contributed by atoms with Crippen molar-refractivity contribution in [2.75, 3.05) is 19.0 Å². The Morgan fingerprint density at radius 2 is 2.14 bits per heavy atom. The van der Waals surface area contributed by atoms with Crippen LogP contribution in [0.1, 0.15) is 24.7 Å². The molecule has 2 aromatic rings. The zero-order valence-corrected chi connectivity index (χ0v) is 12.3. The van der Waals surface area contributed by atoms with Gasteiger partial charge < -0.3 is 10.1 Å². The minimum atomic E-state index is 0.354. The summed E-state index contributed by atoms with van der Waals surface area (Å²) < 4.78 is 5.12. The number of nitrogens with one attached hydrogen (secondary N) is 1. The summed E-state index contributed by atoms with van der Waals surface area (Å²) in [6.45, 7) is 3.30. The van der Waals surface area contributed by atoms with Crippen LogP contribution in [0.2, 0.25) is 0 Å². The lowest BCUT2D eigenvalue weighted by Gasteiger charge is -2.09. The van der Waals surface area contributed by atoms with E-state index in [0.717, 1.165) is 30.0 Å². The van der Waals surface area contributed by atoms with Crippen LogP contribution in [0.25, 0.3) is 11.3 Å². The number of nitrogens with zero attached hydrogens (tertiary/aromatic N) is 3. The molecule has 0 spiro atoms. The predicted octanol–water partition coefficient (Wildman–Crippen LogP) is 2.98. The van der Waals surface area contributed by atoms with Gasteiger partial charge in [0.1, 0.15) is 12.4 Å². The van der Waals surface area contributed by atoms with Crippen molar-refractivity contribution < 1.29 is 4.74 Å². The highest BCUT2D eigenvalue weighted by molar-refractivity contribution is 5.64. The number of methoxy groups -OCH3 is 1. The van der Waals surface area contributed by atoms with Gasteiger partial charge in [0.25, 0.3) is 0 Å². The van der Waals surface area contributed by atoms with Gasteiger partial charge in [-0.2, -0.15) is 5.26 Å². The first-order chi connectivity index (χ1) is 10.3. The van der Waals surface area contributed by atoms with E-state index in [-0.39, 0.29) is 0 Å². The van der Waals surface area contributed by atoms with Crippen molar-refractivity contribution in [1.82, 2.24) is 9.97 Å². The number of benzene rings is 1. The van der Waals surface area contributed by atoms with Crippen molar-refractivity contribution in [2.45, 2.75) is 20.0 Å². The van der Waals surface area contributed by atoms with Crippen LogP contribution in [0.5, 0.6) is 0 Å². The maximum absolute atomic E-state index is 9.00. The molecule has 0 atom stereocenters. The second-order valence-electron chi connectivity index (χ2n) is 4.61. The van der Waals surface area contributed by atoms with Gasteiger partial charge in [0.05, 0.1) is 17.3 Å². The van der Waals surface area contributed by atoms with Crippen LogP contribution in [-0.2, 0) is 11.3 Å². The first kappa shape index (κ1) is 14.9. The number of hydrogen-bond acceptors (Lipinski definition) is 5. The highest BCUT2D eigenvalue weighted by Crippen LogP contribution is 2.21. The molecule has 0 aliphatic carbocycles. The molecule has 1 aromatic carbocycles. The summed E-state index contributed by atoms with van der Waals surface area (Å²) in [4.78, 5) is 8.91. The Kier molecular flexibility index (Phi) is 5.24. The lowest BCUT2D eigenvalue weighted by molar-refractivity contribution is 0.178. The van der Waals surface area contributed by atoms with E-state index in [4.69, 9.17) is 10.00 Å². The fraction of sp³-hybridized carbons (Fsp3) is 0.312. The SMILES string of the molecule is CCCNc1cc(-c2cccc(C#N)c2)nc(COC)n1. The van der Waals surface area contributed by atoms with Gasteiger partial charge in [0.15, 0.2) is 5.82 Å². The molecular weight excluding hydrogens is 264 g/mol. The van der Waals surface area contributed by atoms with Crippen molar-refractivity contribution >= 4 is 5.82 Å². The molecule has 108 valence electrons. The normalized spacial score (nSPS) is 10.1. The number of ether oxygens (including phenoxy) is 1. The molecule has 1 aromatic heterocycles. The third kappa shape index (κ3) is 4.01. The predicted molar refractivity (Wildman–Crippen MR) is 81.7 cm³/mol. The van der Waals surface area contributed by atoms with Crippen LogP contribution in [-0.4, -0.2) is 23.6 Å². The molecule has 21 heavy (non-hydrogen) atoms. The summed E-state index contributed by atoms with van der Waals surface area (Å²) in [7, 11) is 1.62. The number of rotatable bonds is 6. The summed E-state index contributed by atoms with van der Waals surface area (Å²) in [5.74, 6) is 1.40. The van der Waals surface area contributed by atoms with E-state index in [1.165, 1.54) is 0 Å². The molecule has 0 saturated heterocycles. The molecule has 0 saturated carbocycles. The maximum Gasteiger partial charge on any atom is 0.157 e. The molecule has 0 fully saturated rings. The van der Waals surface area contributed by atoms with Crippen LogP contribution in [0, 0.1) is 11.3 Å². The van der Waals surface area contributed by atoms with E-state index in [0.29, 0.717) is 18.0 Å². The molecule has 0 unspecified atom stereocenters. The van der Waals surface area contributed by atoms with Gasteiger partial charge in [-0.1, -0.05) is 19.1 Å². The largest absolute Gasteiger partial charge is 0.377 e. The fourth-order valence-electron chi connectivity index (χ4n) is 1.93. The van der Waals surface area contributed by atoms with Gasteiger partial charge in [0.2, 0.25) is 0 Å². The average molecular weight is 282 g/mol. The number of hydrogen-bond donors (Lipinski definition) is 1. The molecule has 0 bridgehead atoms. The van der Waals surface area contributed by atoms with Crippen molar-refractivity contribution in [2.24, 2.45) is 0 Å². The number of anilines is 1. The molecule has 0 radical (unpaired) electrons. The van der Waals surface area contributed by atoms with Crippen LogP contribution in [0.3, 0.4) is 0 Å². The van der Waals surface area contributed by atoms with Gasteiger partial charge in [-0.15, -0.1) is 0 Å². The van der Waals surface area contributed by atoms with E-state index < -0.39 is 0 Å². The maximum atomic E-state index is 9.00. The molecule has 0 amide bonds. The molecule has 5 heteroatoms. The Morgan fingerprint density at radius 3 is 2.86 bits per heavy atom. The topological polar surface area (TPSA) is 70.8 Å². The van der Waals surface area contributed by atoms with Crippen molar-refractivity contribution in [1.29, 1.82) is 5.26 Å². The van der Waals surface area contributed by atoms with E-state index in [1.54, 1.807) is 13.2 Å². The highest BCUT2D eigenvalue weighted by atomic mass is 16.5. The standard InChI is InChI=1S/C16H18N4O/c1-3-7-18-15-9-14(19-16(20-15)11-21-2)13-6-4-5-12(8-13)10-17/h4-6,8-9H,3,7,11H2,1-2H3,(H,18,19,20). The lowest BCUT2D eigenvalue weighted by atomic mass is 10.1. The summed E-state index contributed by atoms with van der Waals surface area (Å²) in [6, 6.07) is 11.4. The van der Waals surface area contributed by atoms with Crippen molar-refractivity contribution in [3.05, 3.63) is 41.7 Å². The number of nitriles is 1. The van der Waals surface area contributed by atoms with Gasteiger partial charge in [-0.3, -0.25) is 0 Å². The Hall–Kier alpha value is -2.45. The van der Waals surface area contributed by atoms with Crippen molar-refractivity contribution in [3.63, 3.8) is 0 Å². The van der Waals surface area contributed by atoms with Crippen LogP contribution < -0.4 is 5.32 Å². The third-order valence-electron chi connectivity index (χ3n) is 2.89. The quantitative estimate of drug-likeness (QED) is 0.882. The smallest absolute Gasteiger partial charge is 0.157 e. The minimum Gasteiger partial charge on any atom is -0.377 e. The van der Waals surface area contributed by atoms with Gasteiger partial charge >= 0.3 is 0 Å². The molecule has 5 nitrogen and oxygen atoms in total.